The summed E-state index contributed by atoms with van der Waals surface area (Å²) in [5.74, 6) is -2.90. The van der Waals surface area contributed by atoms with Gasteiger partial charge in [-0.15, -0.1) is 0 Å². The van der Waals surface area contributed by atoms with Crippen LogP contribution in [0.2, 0.25) is 0 Å². The SMILES string of the molecule is C=C(CC(=O)OCCS(=O)(=O)c1ccc(C)cc1)C(=O)OCC(=O)OC(C)(C)C. The molecule has 8 nitrogen and oxygen atoms in total. The second kappa shape index (κ2) is 10.2. The fourth-order valence-corrected chi connectivity index (χ4v) is 3.11. The van der Waals surface area contributed by atoms with Gasteiger partial charge in [0.05, 0.1) is 17.1 Å². The average Bonchev–Trinajstić information content (AvgIpc) is 2.58. The van der Waals surface area contributed by atoms with E-state index in [-0.39, 0.29) is 17.1 Å². The number of benzene rings is 1. The first-order valence-corrected chi connectivity index (χ1v) is 10.5. The maximum absolute atomic E-state index is 12.2. The minimum atomic E-state index is -3.59. The summed E-state index contributed by atoms with van der Waals surface area (Å²) in [5.41, 5.74) is -0.0177. The third kappa shape index (κ3) is 9.38. The van der Waals surface area contributed by atoms with Crippen LogP contribution >= 0.6 is 0 Å². The summed E-state index contributed by atoms with van der Waals surface area (Å²) in [6, 6.07) is 6.31. The molecular weight excluding hydrogens is 400 g/mol. The Balaban J connectivity index is 2.40. The van der Waals surface area contributed by atoms with Gasteiger partial charge in [0.25, 0.3) is 0 Å². The second-order valence-electron chi connectivity index (χ2n) is 7.30. The predicted octanol–water partition coefficient (Wildman–Crippen LogP) is 2.14. The van der Waals surface area contributed by atoms with Crippen molar-refractivity contribution in [2.24, 2.45) is 0 Å². The molecule has 0 N–H and O–H groups in total. The van der Waals surface area contributed by atoms with Crippen molar-refractivity contribution in [3.63, 3.8) is 0 Å². The lowest BCUT2D eigenvalue weighted by atomic mass is 10.2. The van der Waals surface area contributed by atoms with Crippen molar-refractivity contribution >= 4 is 27.7 Å². The molecule has 29 heavy (non-hydrogen) atoms. The Kier molecular flexibility index (Phi) is 8.57. The van der Waals surface area contributed by atoms with E-state index in [1.54, 1.807) is 32.9 Å². The van der Waals surface area contributed by atoms with Gasteiger partial charge in [-0.1, -0.05) is 24.3 Å². The van der Waals surface area contributed by atoms with E-state index >= 15 is 0 Å². The maximum atomic E-state index is 12.2. The Morgan fingerprint density at radius 1 is 1.00 bits per heavy atom. The van der Waals surface area contributed by atoms with Crippen LogP contribution in [0.3, 0.4) is 0 Å². The van der Waals surface area contributed by atoms with Gasteiger partial charge in [0, 0.05) is 5.57 Å². The van der Waals surface area contributed by atoms with E-state index in [1.165, 1.54) is 12.1 Å². The minimum Gasteiger partial charge on any atom is -0.464 e. The fourth-order valence-electron chi connectivity index (χ4n) is 2.02. The van der Waals surface area contributed by atoms with Gasteiger partial charge in [-0.25, -0.2) is 18.0 Å². The van der Waals surface area contributed by atoms with Crippen LogP contribution in [0.15, 0.2) is 41.3 Å². The largest absolute Gasteiger partial charge is 0.464 e. The molecule has 0 saturated heterocycles. The number of hydrogen-bond donors (Lipinski definition) is 0. The highest BCUT2D eigenvalue weighted by molar-refractivity contribution is 7.91. The second-order valence-corrected chi connectivity index (χ2v) is 9.40. The molecule has 1 rings (SSSR count). The smallest absolute Gasteiger partial charge is 0.344 e. The lowest BCUT2D eigenvalue weighted by Gasteiger charge is -2.19. The van der Waals surface area contributed by atoms with Crippen LogP contribution in [-0.2, 0) is 38.4 Å². The van der Waals surface area contributed by atoms with E-state index in [2.05, 4.69) is 6.58 Å². The maximum Gasteiger partial charge on any atom is 0.344 e. The van der Waals surface area contributed by atoms with E-state index in [9.17, 15) is 22.8 Å². The predicted molar refractivity (Wildman–Crippen MR) is 105 cm³/mol. The van der Waals surface area contributed by atoms with Crippen molar-refractivity contribution in [2.45, 2.75) is 44.6 Å². The summed E-state index contributed by atoms with van der Waals surface area (Å²) in [6.45, 7) is 9.28. The van der Waals surface area contributed by atoms with Crippen LogP contribution in [-0.4, -0.2) is 50.9 Å². The van der Waals surface area contributed by atoms with Gasteiger partial charge in [-0.2, -0.15) is 0 Å². The van der Waals surface area contributed by atoms with Gasteiger partial charge in [0.15, 0.2) is 16.4 Å². The lowest BCUT2D eigenvalue weighted by Crippen LogP contribution is -2.27. The van der Waals surface area contributed by atoms with E-state index in [0.29, 0.717) is 0 Å². The van der Waals surface area contributed by atoms with Gasteiger partial charge in [0.2, 0.25) is 0 Å². The molecule has 0 heterocycles. The lowest BCUT2D eigenvalue weighted by molar-refractivity contribution is -0.165. The molecule has 0 aliphatic rings. The number of rotatable bonds is 9. The Hall–Kier alpha value is -2.68. The molecule has 0 bridgehead atoms. The summed E-state index contributed by atoms with van der Waals surface area (Å²) in [6.07, 6.45) is -0.488. The first kappa shape index (κ1) is 24.4. The molecule has 0 radical (unpaired) electrons. The van der Waals surface area contributed by atoms with Crippen molar-refractivity contribution in [3.8, 4) is 0 Å². The molecule has 0 aromatic heterocycles. The standard InChI is InChI=1S/C20H26O8S/c1-14-6-8-16(9-7-14)29(24,25)11-10-26-17(21)12-15(2)19(23)27-13-18(22)28-20(3,4)5/h6-9H,2,10-13H2,1,3-5H3. The zero-order valence-electron chi connectivity index (χ0n) is 17.0. The van der Waals surface area contributed by atoms with Crippen LogP contribution in [0.5, 0.6) is 0 Å². The highest BCUT2D eigenvalue weighted by Gasteiger charge is 2.20. The summed E-state index contributed by atoms with van der Waals surface area (Å²) < 4.78 is 38.9. The molecule has 0 fully saturated rings. The highest BCUT2D eigenvalue weighted by atomic mass is 32.2. The summed E-state index contributed by atoms with van der Waals surface area (Å²) in [7, 11) is -3.59. The molecule has 0 aliphatic carbocycles. The quantitative estimate of drug-likeness (QED) is 0.335. The van der Waals surface area contributed by atoms with E-state index in [0.717, 1.165) is 5.56 Å². The number of carbonyl (C=O) groups excluding carboxylic acids is 3. The molecule has 0 spiro atoms. The van der Waals surface area contributed by atoms with Crippen LogP contribution < -0.4 is 0 Å². The Bertz CT molecular complexity index is 861. The Labute approximate surface area is 170 Å². The average molecular weight is 426 g/mol. The Morgan fingerprint density at radius 2 is 1.59 bits per heavy atom. The van der Waals surface area contributed by atoms with Crippen LogP contribution in [0, 0.1) is 6.92 Å². The first-order valence-electron chi connectivity index (χ1n) is 8.82. The zero-order valence-corrected chi connectivity index (χ0v) is 17.8. The molecule has 160 valence electrons. The third-order valence-corrected chi connectivity index (χ3v) is 5.08. The third-order valence-electron chi connectivity index (χ3n) is 3.38. The van der Waals surface area contributed by atoms with Gasteiger partial charge >= 0.3 is 17.9 Å². The molecule has 0 saturated carbocycles. The normalized spacial score (nSPS) is 11.4. The molecular formula is C20H26O8S. The van der Waals surface area contributed by atoms with E-state index in [1.807, 2.05) is 6.92 Å². The molecule has 0 amide bonds. The molecule has 1 aromatic rings. The summed E-state index contributed by atoms with van der Waals surface area (Å²) in [4.78, 5) is 35.2. The number of carbonyl (C=O) groups is 3. The van der Waals surface area contributed by atoms with Gasteiger partial charge in [-0.3, -0.25) is 4.79 Å². The molecule has 0 atom stereocenters. The first-order chi connectivity index (χ1) is 13.3. The van der Waals surface area contributed by atoms with Crippen molar-refractivity contribution in [2.75, 3.05) is 19.0 Å². The molecule has 1 aromatic carbocycles. The van der Waals surface area contributed by atoms with Gasteiger partial charge in [-0.05, 0) is 39.8 Å². The fraction of sp³-hybridized carbons (Fsp3) is 0.450. The zero-order chi connectivity index (χ0) is 22.2. The van der Waals surface area contributed by atoms with E-state index in [4.69, 9.17) is 14.2 Å². The number of sulfone groups is 1. The minimum absolute atomic E-state index is 0.134. The van der Waals surface area contributed by atoms with Crippen LogP contribution in [0.25, 0.3) is 0 Å². The molecule has 0 aliphatic heterocycles. The number of esters is 3. The van der Waals surface area contributed by atoms with Gasteiger partial charge in [0.1, 0.15) is 12.2 Å². The highest BCUT2D eigenvalue weighted by Crippen LogP contribution is 2.12. The van der Waals surface area contributed by atoms with Crippen LogP contribution in [0.1, 0.15) is 32.8 Å². The van der Waals surface area contributed by atoms with Crippen molar-refractivity contribution in [1.29, 1.82) is 0 Å². The molecule has 0 unspecified atom stereocenters. The summed E-state index contributed by atoms with van der Waals surface area (Å²) >= 11 is 0. The van der Waals surface area contributed by atoms with Crippen molar-refractivity contribution < 1.29 is 37.0 Å². The summed E-state index contributed by atoms with van der Waals surface area (Å²) in [5, 5.41) is 0. The van der Waals surface area contributed by atoms with Gasteiger partial charge < -0.3 is 14.2 Å². The Morgan fingerprint density at radius 3 is 2.14 bits per heavy atom. The number of aryl methyl sites for hydroxylation is 1. The van der Waals surface area contributed by atoms with Crippen molar-refractivity contribution in [3.05, 3.63) is 42.0 Å². The number of ether oxygens (including phenoxy) is 3. The monoisotopic (exact) mass is 426 g/mol. The van der Waals surface area contributed by atoms with Crippen molar-refractivity contribution in [1.82, 2.24) is 0 Å². The number of hydrogen-bond acceptors (Lipinski definition) is 8. The van der Waals surface area contributed by atoms with E-state index < -0.39 is 52.1 Å². The molecule has 9 heteroatoms. The topological polar surface area (TPSA) is 113 Å². The van der Waals surface area contributed by atoms with Crippen LogP contribution in [0.4, 0.5) is 0 Å².